The van der Waals surface area contributed by atoms with Crippen molar-refractivity contribution in [3.05, 3.63) is 23.2 Å². The van der Waals surface area contributed by atoms with Crippen molar-refractivity contribution in [2.24, 2.45) is 0 Å². The number of phenolic OH excluding ortho intramolecular Hbond substituents is 1. The molecule has 0 radical (unpaired) electrons. The molecule has 6 heteroatoms. The first-order valence-corrected chi connectivity index (χ1v) is 4.95. The van der Waals surface area contributed by atoms with Crippen molar-refractivity contribution >= 4 is 29.2 Å². The van der Waals surface area contributed by atoms with E-state index in [0.29, 0.717) is 5.02 Å². The Labute approximate surface area is 96.8 Å². The molecule has 0 aliphatic carbocycles. The van der Waals surface area contributed by atoms with Gasteiger partial charge in [0.15, 0.2) is 0 Å². The van der Waals surface area contributed by atoms with E-state index in [4.69, 9.17) is 11.6 Å². The second-order valence-electron chi connectivity index (χ2n) is 3.45. The van der Waals surface area contributed by atoms with Crippen molar-refractivity contribution in [3.8, 4) is 5.75 Å². The molecule has 1 saturated heterocycles. The number of nitrogens with zero attached hydrogens (tertiary/aromatic N) is 2. The highest BCUT2D eigenvalue weighted by atomic mass is 35.5. The molecular formula is C10H9ClN2O3. The highest BCUT2D eigenvalue weighted by Gasteiger charge is 2.35. The highest BCUT2D eigenvalue weighted by molar-refractivity contribution is 6.31. The second-order valence-corrected chi connectivity index (χ2v) is 3.89. The number of aromatic hydroxyl groups is 1. The van der Waals surface area contributed by atoms with Crippen molar-refractivity contribution in [1.29, 1.82) is 0 Å². The number of amides is 3. The number of urea groups is 1. The summed E-state index contributed by atoms with van der Waals surface area (Å²) in [5.74, 6) is -0.398. The lowest BCUT2D eigenvalue weighted by molar-refractivity contribution is -0.123. The third-order valence-electron chi connectivity index (χ3n) is 2.41. The molecule has 1 heterocycles. The minimum absolute atomic E-state index is 0.0801. The van der Waals surface area contributed by atoms with Gasteiger partial charge in [0.1, 0.15) is 12.3 Å². The summed E-state index contributed by atoms with van der Waals surface area (Å²) in [4.78, 5) is 25.2. The molecule has 0 saturated carbocycles. The van der Waals surface area contributed by atoms with Gasteiger partial charge in [-0.25, -0.2) is 4.79 Å². The number of benzene rings is 1. The van der Waals surface area contributed by atoms with Crippen LogP contribution in [0.5, 0.6) is 5.75 Å². The molecule has 5 nitrogen and oxygen atoms in total. The summed E-state index contributed by atoms with van der Waals surface area (Å²) >= 11 is 5.77. The summed E-state index contributed by atoms with van der Waals surface area (Å²) in [5, 5.41) is 9.99. The molecule has 0 atom stereocenters. The van der Waals surface area contributed by atoms with Gasteiger partial charge in [-0.15, -0.1) is 0 Å². The lowest BCUT2D eigenvalue weighted by atomic mass is 10.2. The zero-order valence-electron chi connectivity index (χ0n) is 8.48. The highest BCUT2D eigenvalue weighted by Crippen LogP contribution is 2.32. The van der Waals surface area contributed by atoms with Gasteiger partial charge in [0.05, 0.1) is 5.69 Å². The fourth-order valence-corrected chi connectivity index (χ4v) is 1.66. The zero-order chi connectivity index (χ0) is 11.9. The first-order valence-electron chi connectivity index (χ1n) is 4.57. The molecule has 1 fully saturated rings. The summed E-state index contributed by atoms with van der Waals surface area (Å²) < 4.78 is 0. The minimum Gasteiger partial charge on any atom is -0.506 e. The molecule has 0 aromatic heterocycles. The Bertz CT molecular complexity index is 475. The average Bonchev–Trinajstić information content (AvgIpc) is 2.50. The number of carbonyl (C=O) groups is 2. The van der Waals surface area contributed by atoms with Gasteiger partial charge in [-0.3, -0.25) is 14.6 Å². The average molecular weight is 241 g/mol. The van der Waals surface area contributed by atoms with Gasteiger partial charge < -0.3 is 5.11 Å². The first-order chi connectivity index (χ1) is 7.50. The number of anilines is 1. The summed E-state index contributed by atoms with van der Waals surface area (Å²) in [7, 11) is 1.40. The van der Waals surface area contributed by atoms with Crippen LogP contribution in [0.15, 0.2) is 18.2 Å². The van der Waals surface area contributed by atoms with E-state index in [0.717, 1.165) is 4.90 Å². The summed E-state index contributed by atoms with van der Waals surface area (Å²) in [5.41, 5.74) is 0.246. The van der Waals surface area contributed by atoms with Crippen molar-refractivity contribution in [3.63, 3.8) is 0 Å². The molecule has 1 aliphatic rings. The number of rotatable bonds is 1. The Morgan fingerprint density at radius 3 is 2.62 bits per heavy atom. The quantitative estimate of drug-likeness (QED) is 0.756. The largest absolute Gasteiger partial charge is 0.506 e. The van der Waals surface area contributed by atoms with Crippen LogP contribution in [0, 0.1) is 0 Å². The number of halogens is 1. The Kier molecular flexibility index (Phi) is 2.47. The number of hydrogen-bond donors (Lipinski definition) is 1. The lowest BCUT2D eigenvalue weighted by Gasteiger charge is -2.16. The van der Waals surface area contributed by atoms with Crippen LogP contribution in [0.3, 0.4) is 0 Å². The van der Waals surface area contributed by atoms with Crippen LogP contribution in [0.1, 0.15) is 0 Å². The Morgan fingerprint density at radius 1 is 1.38 bits per heavy atom. The van der Waals surface area contributed by atoms with Gasteiger partial charge in [-0.05, 0) is 18.2 Å². The molecular weight excluding hydrogens is 232 g/mol. The molecule has 16 heavy (non-hydrogen) atoms. The number of hydrogen-bond acceptors (Lipinski definition) is 3. The van der Waals surface area contributed by atoms with Crippen molar-refractivity contribution in [2.45, 2.75) is 0 Å². The third kappa shape index (κ3) is 1.59. The van der Waals surface area contributed by atoms with Crippen LogP contribution in [0.2, 0.25) is 5.02 Å². The maximum Gasteiger partial charge on any atom is 0.331 e. The summed E-state index contributed by atoms with van der Waals surface area (Å²) in [6, 6.07) is 3.86. The van der Waals surface area contributed by atoms with Gasteiger partial charge in [0.2, 0.25) is 5.91 Å². The van der Waals surface area contributed by atoms with Crippen LogP contribution >= 0.6 is 11.6 Å². The third-order valence-corrected chi connectivity index (χ3v) is 2.65. The van der Waals surface area contributed by atoms with Gasteiger partial charge in [0, 0.05) is 12.1 Å². The van der Waals surface area contributed by atoms with Gasteiger partial charge in [-0.1, -0.05) is 11.6 Å². The lowest BCUT2D eigenvalue weighted by Crippen LogP contribution is -2.29. The molecule has 1 aromatic carbocycles. The first kappa shape index (κ1) is 10.8. The van der Waals surface area contributed by atoms with E-state index in [1.54, 1.807) is 0 Å². The number of phenols is 1. The molecule has 3 amide bonds. The Morgan fingerprint density at radius 2 is 2.06 bits per heavy atom. The molecule has 84 valence electrons. The van der Waals surface area contributed by atoms with Gasteiger partial charge >= 0.3 is 6.03 Å². The van der Waals surface area contributed by atoms with Gasteiger partial charge in [0.25, 0.3) is 0 Å². The van der Waals surface area contributed by atoms with Crippen LogP contribution in [0.25, 0.3) is 0 Å². The normalized spacial score (nSPS) is 16.1. The topological polar surface area (TPSA) is 60.9 Å². The van der Waals surface area contributed by atoms with Crippen LogP contribution in [-0.2, 0) is 4.79 Å². The standard InChI is InChI=1S/C10H9ClN2O3/c1-12-9(15)5-13(10(12)16)7-4-6(11)2-3-8(7)14/h2-4,14H,5H2,1H3. The van der Waals surface area contributed by atoms with E-state index < -0.39 is 6.03 Å². The molecule has 1 aromatic rings. The summed E-state index contributed by atoms with van der Waals surface area (Å²) in [6.07, 6.45) is 0. The number of likely N-dealkylation sites (N-methyl/N-ethyl adjacent to an activating group) is 1. The Balaban J connectivity index is 2.42. The Hall–Kier alpha value is -1.75. The van der Waals surface area contributed by atoms with Crippen molar-refractivity contribution in [1.82, 2.24) is 4.90 Å². The van der Waals surface area contributed by atoms with Gasteiger partial charge in [-0.2, -0.15) is 0 Å². The molecule has 1 N–H and O–H groups in total. The van der Waals surface area contributed by atoms with Crippen LogP contribution in [0.4, 0.5) is 10.5 Å². The van der Waals surface area contributed by atoms with E-state index in [9.17, 15) is 14.7 Å². The van der Waals surface area contributed by atoms with E-state index >= 15 is 0 Å². The SMILES string of the molecule is CN1C(=O)CN(c2cc(Cl)ccc2O)C1=O. The van der Waals surface area contributed by atoms with E-state index in [1.807, 2.05) is 0 Å². The van der Waals surface area contributed by atoms with Crippen molar-refractivity contribution in [2.75, 3.05) is 18.5 Å². The maximum absolute atomic E-state index is 11.7. The molecule has 0 spiro atoms. The zero-order valence-corrected chi connectivity index (χ0v) is 9.23. The number of imide groups is 1. The predicted molar refractivity (Wildman–Crippen MR) is 58.6 cm³/mol. The summed E-state index contributed by atoms with van der Waals surface area (Å²) in [6.45, 7) is -0.0801. The second kappa shape index (κ2) is 3.68. The maximum atomic E-state index is 11.7. The minimum atomic E-state index is -0.470. The fourth-order valence-electron chi connectivity index (χ4n) is 1.50. The predicted octanol–water partition coefficient (Wildman–Crippen LogP) is 1.44. The monoisotopic (exact) mass is 240 g/mol. The smallest absolute Gasteiger partial charge is 0.331 e. The van der Waals surface area contributed by atoms with Crippen molar-refractivity contribution < 1.29 is 14.7 Å². The van der Waals surface area contributed by atoms with Crippen LogP contribution in [-0.4, -0.2) is 35.5 Å². The molecule has 1 aliphatic heterocycles. The van der Waals surface area contributed by atoms with E-state index in [2.05, 4.69) is 0 Å². The molecule has 2 rings (SSSR count). The number of carbonyl (C=O) groups excluding carboxylic acids is 2. The van der Waals surface area contributed by atoms with Crippen LogP contribution < -0.4 is 4.90 Å². The van der Waals surface area contributed by atoms with E-state index in [1.165, 1.54) is 30.1 Å². The fraction of sp³-hybridized carbons (Fsp3) is 0.200. The van der Waals surface area contributed by atoms with E-state index in [-0.39, 0.29) is 23.9 Å². The molecule has 0 unspecified atom stereocenters. The molecule has 0 bridgehead atoms.